The highest BCUT2D eigenvalue weighted by molar-refractivity contribution is 6.10. The van der Waals surface area contributed by atoms with E-state index in [2.05, 4.69) is 0 Å². The summed E-state index contributed by atoms with van der Waals surface area (Å²) >= 11 is 0. The van der Waals surface area contributed by atoms with Gasteiger partial charge in [0.2, 0.25) is 0 Å². The Bertz CT molecular complexity index is 906. The molecule has 0 aliphatic heterocycles. The highest BCUT2D eigenvalue weighted by Gasteiger charge is 2.23. The average Bonchev–Trinajstić information content (AvgIpc) is 2.71. The molecule has 0 atom stereocenters. The second kappa shape index (κ2) is 9.40. The van der Waals surface area contributed by atoms with Crippen molar-refractivity contribution >= 4 is 17.5 Å². The van der Waals surface area contributed by atoms with Crippen LogP contribution in [0.4, 0.5) is 5.69 Å². The second-order valence-corrected chi connectivity index (χ2v) is 5.52. The number of benzene rings is 2. The number of methoxy groups -OCH3 is 3. The lowest BCUT2D eigenvalue weighted by atomic mass is 10.1. The number of hydrogen-bond donors (Lipinski definition) is 0. The van der Waals surface area contributed by atoms with Gasteiger partial charge in [0.25, 0.3) is 5.69 Å². The molecular formula is C20H21NO7. The van der Waals surface area contributed by atoms with E-state index in [1.54, 1.807) is 24.3 Å². The van der Waals surface area contributed by atoms with Gasteiger partial charge in [-0.25, -0.2) is 0 Å². The number of hydrogen-bond acceptors (Lipinski definition) is 7. The Labute approximate surface area is 162 Å². The Hall–Kier alpha value is -3.55. The molecule has 0 fully saturated rings. The van der Waals surface area contributed by atoms with Crippen LogP contribution >= 0.6 is 0 Å². The number of allylic oxidation sites excluding steroid dienone is 1. The third-order valence-electron chi connectivity index (χ3n) is 3.88. The molecule has 8 heteroatoms. The Kier molecular flexibility index (Phi) is 6.97. The van der Waals surface area contributed by atoms with E-state index in [0.29, 0.717) is 23.7 Å². The molecule has 0 saturated heterocycles. The van der Waals surface area contributed by atoms with Crippen molar-refractivity contribution in [2.24, 2.45) is 0 Å². The zero-order valence-electron chi connectivity index (χ0n) is 16.1. The Morgan fingerprint density at radius 1 is 1.00 bits per heavy atom. The summed E-state index contributed by atoms with van der Waals surface area (Å²) in [6, 6.07) is 7.64. The van der Waals surface area contributed by atoms with Gasteiger partial charge in [-0.1, -0.05) is 12.1 Å². The molecule has 0 saturated carbocycles. The Balaban J connectivity index is 2.37. The summed E-state index contributed by atoms with van der Waals surface area (Å²) in [6.45, 7) is 2.36. The van der Waals surface area contributed by atoms with Gasteiger partial charge < -0.3 is 18.9 Å². The summed E-state index contributed by atoms with van der Waals surface area (Å²) in [4.78, 5) is 23.3. The molecule has 0 aromatic heterocycles. The molecule has 8 nitrogen and oxygen atoms in total. The van der Waals surface area contributed by atoms with E-state index >= 15 is 0 Å². The molecular weight excluding hydrogens is 366 g/mol. The van der Waals surface area contributed by atoms with Gasteiger partial charge in [-0.05, 0) is 30.7 Å². The van der Waals surface area contributed by atoms with Crippen molar-refractivity contribution in [2.45, 2.75) is 6.92 Å². The molecule has 2 aromatic carbocycles. The van der Waals surface area contributed by atoms with Crippen LogP contribution in [0.3, 0.4) is 0 Å². The number of nitro groups is 1. The molecule has 0 unspecified atom stereocenters. The highest BCUT2D eigenvalue weighted by Crippen LogP contribution is 2.35. The fourth-order valence-corrected chi connectivity index (χ4v) is 2.54. The third kappa shape index (κ3) is 4.59. The molecule has 28 heavy (non-hydrogen) atoms. The van der Waals surface area contributed by atoms with Crippen molar-refractivity contribution in [2.75, 3.05) is 27.9 Å². The van der Waals surface area contributed by atoms with E-state index in [9.17, 15) is 14.9 Å². The van der Waals surface area contributed by atoms with Gasteiger partial charge in [-0.3, -0.25) is 14.9 Å². The lowest BCUT2D eigenvalue weighted by Crippen LogP contribution is -2.03. The van der Waals surface area contributed by atoms with Crippen molar-refractivity contribution in [1.82, 2.24) is 0 Å². The Morgan fingerprint density at radius 3 is 2.18 bits per heavy atom. The van der Waals surface area contributed by atoms with Gasteiger partial charge in [-0.15, -0.1) is 0 Å². The summed E-state index contributed by atoms with van der Waals surface area (Å²) in [6.07, 6.45) is 2.80. The largest absolute Gasteiger partial charge is 0.493 e. The first kappa shape index (κ1) is 20.8. The first-order valence-electron chi connectivity index (χ1n) is 8.38. The summed E-state index contributed by atoms with van der Waals surface area (Å²) < 4.78 is 20.9. The average molecular weight is 387 g/mol. The summed E-state index contributed by atoms with van der Waals surface area (Å²) in [5.41, 5.74) is 0.213. The zero-order chi connectivity index (χ0) is 20.7. The number of carbonyl (C=O) groups is 1. The van der Waals surface area contributed by atoms with Crippen molar-refractivity contribution in [3.8, 4) is 23.0 Å². The number of nitro benzene ring substituents is 1. The predicted molar refractivity (Wildman–Crippen MR) is 104 cm³/mol. The maximum absolute atomic E-state index is 12.6. The number of ether oxygens (including phenoxy) is 4. The molecule has 0 spiro atoms. The smallest absolute Gasteiger partial charge is 0.284 e. The van der Waals surface area contributed by atoms with E-state index in [1.807, 2.05) is 6.92 Å². The summed E-state index contributed by atoms with van der Waals surface area (Å²) in [7, 11) is 4.27. The van der Waals surface area contributed by atoms with Crippen molar-refractivity contribution in [3.63, 3.8) is 0 Å². The number of ketones is 1. The zero-order valence-corrected chi connectivity index (χ0v) is 16.1. The van der Waals surface area contributed by atoms with Gasteiger partial charge in [0, 0.05) is 6.07 Å². The SMILES string of the molecule is CCOc1ccc(/C=C/C(=O)c2cc(OC)c(OC)cc2[N+](=O)[O-])cc1OC. The maximum Gasteiger partial charge on any atom is 0.284 e. The van der Waals surface area contributed by atoms with Crippen LogP contribution in [0.25, 0.3) is 6.08 Å². The van der Waals surface area contributed by atoms with Crippen LogP contribution in [0.15, 0.2) is 36.4 Å². The molecule has 0 amide bonds. The fraction of sp³-hybridized carbons (Fsp3) is 0.250. The molecule has 0 heterocycles. The van der Waals surface area contributed by atoms with Crippen LogP contribution in [-0.2, 0) is 0 Å². The predicted octanol–water partition coefficient (Wildman–Crippen LogP) is 3.92. The fourth-order valence-electron chi connectivity index (χ4n) is 2.54. The Morgan fingerprint density at radius 2 is 1.61 bits per heavy atom. The quantitative estimate of drug-likeness (QED) is 0.278. The number of nitrogens with zero attached hydrogens (tertiary/aromatic N) is 1. The van der Waals surface area contributed by atoms with Gasteiger partial charge in [0.15, 0.2) is 28.8 Å². The molecule has 0 bridgehead atoms. The molecule has 0 radical (unpaired) electrons. The summed E-state index contributed by atoms with van der Waals surface area (Å²) in [5, 5.41) is 11.4. The number of carbonyl (C=O) groups excluding carboxylic acids is 1. The topological polar surface area (TPSA) is 97.1 Å². The van der Waals surface area contributed by atoms with Crippen LogP contribution in [0.2, 0.25) is 0 Å². The molecule has 2 rings (SSSR count). The first-order chi connectivity index (χ1) is 13.4. The summed E-state index contributed by atoms with van der Waals surface area (Å²) in [5.74, 6) is 0.969. The molecule has 0 aliphatic rings. The van der Waals surface area contributed by atoms with E-state index in [0.717, 1.165) is 0 Å². The second-order valence-electron chi connectivity index (χ2n) is 5.52. The van der Waals surface area contributed by atoms with Crippen LogP contribution in [0.5, 0.6) is 23.0 Å². The van der Waals surface area contributed by atoms with E-state index in [-0.39, 0.29) is 22.7 Å². The van der Waals surface area contributed by atoms with Crippen molar-refractivity contribution in [3.05, 3.63) is 57.6 Å². The minimum Gasteiger partial charge on any atom is -0.493 e. The van der Waals surface area contributed by atoms with E-state index in [4.69, 9.17) is 18.9 Å². The minimum absolute atomic E-state index is 0.100. The van der Waals surface area contributed by atoms with Crippen LogP contribution in [0.1, 0.15) is 22.8 Å². The van der Waals surface area contributed by atoms with Crippen LogP contribution in [0, 0.1) is 10.1 Å². The molecule has 2 aromatic rings. The molecule has 0 aliphatic carbocycles. The van der Waals surface area contributed by atoms with Crippen LogP contribution in [-0.4, -0.2) is 38.6 Å². The van der Waals surface area contributed by atoms with Crippen molar-refractivity contribution in [1.29, 1.82) is 0 Å². The van der Waals surface area contributed by atoms with Gasteiger partial charge in [0.1, 0.15) is 5.56 Å². The molecule has 0 N–H and O–H groups in total. The molecule has 148 valence electrons. The van der Waals surface area contributed by atoms with Crippen molar-refractivity contribution < 1.29 is 28.7 Å². The maximum atomic E-state index is 12.6. The third-order valence-corrected chi connectivity index (χ3v) is 3.88. The monoisotopic (exact) mass is 387 g/mol. The highest BCUT2D eigenvalue weighted by atomic mass is 16.6. The first-order valence-corrected chi connectivity index (χ1v) is 8.38. The lowest BCUT2D eigenvalue weighted by molar-refractivity contribution is -0.385. The van der Waals surface area contributed by atoms with Crippen LogP contribution < -0.4 is 18.9 Å². The number of rotatable bonds is 9. The van der Waals surface area contributed by atoms with Gasteiger partial charge in [-0.2, -0.15) is 0 Å². The van der Waals surface area contributed by atoms with E-state index in [1.165, 1.54) is 39.5 Å². The van der Waals surface area contributed by atoms with E-state index < -0.39 is 10.7 Å². The lowest BCUT2D eigenvalue weighted by Gasteiger charge is -2.10. The van der Waals surface area contributed by atoms with Gasteiger partial charge in [0.05, 0.1) is 38.9 Å². The normalized spacial score (nSPS) is 10.6. The standard InChI is InChI=1S/C20H21NO7/c1-5-28-17-9-7-13(10-18(17)25-2)6-8-16(22)14-11-19(26-3)20(27-4)12-15(14)21(23)24/h6-12H,5H2,1-4H3/b8-6+. The van der Waals surface area contributed by atoms with Gasteiger partial charge >= 0.3 is 0 Å². The minimum atomic E-state index is -0.636.